The first-order valence-corrected chi connectivity index (χ1v) is 8.19. The predicted molar refractivity (Wildman–Crippen MR) is 87.9 cm³/mol. The van der Waals surface area contributed by atoms with Gasteiger partial charge in [-0.2, -0.15) is 5.10 Å². The van der Waals surface area contributed by atoms with Crippen LogP contribution < -0.4 is 0 Å². The van der Waals surface area contributed by atoms with Crippen LogP contribution in [0, 0.1) is 13.8 Å². The zero-order valence-corrected chi connectivity index (χ0v) is 15.0. The molecular formula is C15H18Br2N2O. The Balaban J connectivity index is 2.32. The fourth-order valence-corrected chi connectivity index (χ4v) is 3.17. The van der Waals surface area contributed by atoms with Gasteiger partial charge in [-0.15, -0.1) is 0 Å². The molecule has 0 saturated heterocycles. The minimum absolute atomic E-state index is 0.537. The molecule has 5 heteroatoms. The molecule has 1 aromatic carbocycles. The molecule has 1 N–H and O–H groups in total. The Morgan fingerprint density at radius 3 is 2.65 bits per heavy atom. The molecule has 0 spiro atoms. The van der Waals surface area contributed by atoms with Gasteiger partial charge in [-0.1, -0.05) is 28.1 Å². The lowest BCUT2D eigenvalue weighted by molar-refractivity contribution is 0.174. The van der Waals surface area contributed by atoms with Crippen molar-refractivity contribution in [2.45, 2.75) is 39.8 Å². The van der Waals surface area contributed by atoms with Crippen molar-refractivity contribution in [2.24, 2.45) is 0 Å². The molecule has 1 aromatic heterocycles. The van der Waals surface area contributed by atoms with E-state index in [0.717, 1.165) is 38.0 Å². The van der Waals surface area contributed by atoms with Crippen LogP contribution in [0.5, 0.6) is 0 Å². The highest BCUT2D eigenvalue weighted by Crippen LogP contribution is 2.30. The zero-order chi connectivity index (χ0) is 14.9. The minimum atomic E-state index is -0.537. The Labute approximate surface area is 136 Å². The van der Waals surface area contributed by atoms with Crippen LogP contribution in [0.25, 0.3) is 0 Å². The fourth-order valence-electron chi connectivity index (χ4n) is 2.34. The van der Waals surface area contributed by atoms with Crippen LogP contribution in [-0.2, 0) is 13.0 Å². The van der Waals surface area contributed by atoms with Gasteiger partial charge in [0, 0.05) is 17.4 Å². The van der Waals surface area contributed by atoms with Crippen LogP contribution in [0.4, 0.5) is 0 Å². The van der Waals surface area contributed by atoms with E-state index >= 15 is 0 Å². The Morgan fingerprint density at radius 1 is 1.30 bits per heavy atom. The summed E-state index contributed by atoms with van der Waals surface area (Å²) in [6, 6.07) is 5.91. The van der Waals surface area contributed by atoms with Gasteiger partial charge in [-0.05, 0) is 53.9 Å². The monoisotopic (exact) mass is 400 g/mol. The van der Waals surface area contributed by atoms with Crippen molar-refractivity contribution in [2.75, 3.05) is 0 Å². The predicted octanol–water partition coefficient (Wildman–Crippen LogP) is 4.32. The molecule has 1 heterocycles. The van der Waals surface area contributed by atoms with E-state index in [9.17, 15) is 5.11 Å². The van der Waals surface area contributed by atoms with Gasteiger partial charge in [0.15, 0.2) is 0 Å². The van der Waals surface area contributed by atoms with Crippen LogP contribution >= 0.6 is 31.9 Å². The van der Waals surface area contributed by atoms with Crippen LogP contribution in [0.3, 0.4) is 0 Å². The standard InChI is InChI=1S/C15H18Br2N2O/c1-4-19-13(15(17)10(3)18-19)8-14(20)11-6-5-7-12(16)9(11)2/h5-7,14,20H,4,8H2,1-3H3. The van der Waals surface area contributed by atoms with Crippen LogP contribution in [-0.4, -0.2) is 14.9 Å². The molecule has 0 fully saturated rings. The van der Waals surface area contributed by atoms with Gasteiger partial charge in [0.1, 0.15) is 0 Å². The number of aliphatic hydroxyl groups excluding tert-OH is 1. The van der Waals surface area contributed by atoms with Crippen LogP contribution in [0.1, 0.15) is 35.5 Å². The first kappa shape index (κ1) is 15.7. The third-order valence-electron chi connectivity index (χ3n) is 3.51. The molecule has 1 unspecified atom stereocenters. The summed E-state index contributed by atoms with van der Waals surface area (Å²) in [7, 11) is 0. The van der Waals surface area contributed by atoms with E-state index < -0.39 is 6.10 Å². The smallest absolute Gasteiger partial charge is 0.0848 e. The first-order chi connectivity index (χ1) is 9.45. The van der Waals surface area contributed by atoms with Gasteiger partial charge in [-0.25, -0.2) is 0 Å². The molecule has 0 aliphatic heterocycles. The van der Waals surface area contributed by atoms with E-state index in [-0.39, 0.29) is 0 Å². The lowest BCUT2D eigenvalue weighted by atomic mass is 10.00. The van der Waals surface area contributed by atoms with E-state index in [1.165, 1.54) is 0 Å². The highest BCUT2D eigenvalue weighted by molar-refractivity contribution is 9.10. The van der Waals surface area contributed by atoms with Gasteiger partial charge in [0.2, 0.25) is 0 Å². The maximum atomic E-state index is 10.6. The highest BCUT2D eigenvalue weighted by Gasteiger charge is 2.19. The molecule has 0 saturated carbocycles. The maximum Gasteiger partial charge on any atom is 0.0848 e. The molecular weight excluding hydrogens is 384 g/mol. The van der Waals surface area contributed by atoms with Gasteiger partial charge < -0.3 is 5.11 Å². The van der Waals surface area contributed by atoms with E-state index in [1.807, 2.05) is 36.7 Å². The SMILES string of the molecule is CCn1nc(C)c(Br)c1CC(O)c1cccc(Br)c1C. The van der Waals surface area contributed by atoms with Crippen molar-refractivity contribution >= 4 is 31.9 Å². The number of aliphatic hydroxyl groups is 1. The number of nitrogens with zero attached hydrogens (tertiary/aromatic N) is 2. The van der Waals surface area contributed by atoms with Gasteiger partial charge in [-0.3, -0.25) is 4.68 Å². The first-order valence-electron chi connectivity index (χ1n) is 6.60. The molecule has 2 rings (SSSR count). The van der Waals surface area contributed by atoms with Gasteiger partial charge >= 0.3 is 0 Å². The molecule has 1 atom stereocenters. The summed E-state index contributed by atoms with van der Waals surface area (Å²) >= 11 is 7.08. The largest absolute Gasteiger partial charge is 0.388 e. The van der Waals surface area contributed by atoms with E-state index in [4.69, 9.17) is 0 Å². The van der Waals surface area contributed by atoms with Crippen molar-refractivity contribution in [3.8, 4) is 0 Å². The highest BCUT2D eigenvalue weighted by atomic mass is 79.9. The third kappa shape index (κ3) is 3.00. The summed E-state index contributed by atoms with van der Waals surface area (Å²) in [6.07, 6.45) is 0.0113. The number of aromatic nitrogens is 2. The van der Waals surface area contributed by atoms with Crippen LogP contribution in [0.2, 0.25) is 0 Å². The minimum Gasteiger partial charge on any atom is -0.388 e. The van der Waals surface area contributed by atoms with E-state index in [1.54, 1.807) is 0 Å². The normalized spacial score (nSPS) is 12.7. The lowest BCUT2D eigenvalue weighted by Crippen LogP contribution is -2.10. The number of rotatable bonds is 4. The van der Waals surface area contributed by atoms with Crippen molar-refractivity contribution in [3.63, 3.8) is 0 Å². The molecule has 0 aliphatic rings. The number of hydrogen-bond donors (Lipinski definition) is 1. The maximum absolute atomic E-state index is 10.6. The van der Waals surface area contributed by atoms with E-state index in [0.29, 0.717) is 6.42 Å². The molecule has 108 valence electrons. The average molecular weight is 402 g/mol. The molecule has 0 amide bonds. The number of halogens is 2. The van der Waals surface area contributed by atoms with Crippen molar-refractivity contribution < 1.29 is 5.11 Å². The lowest BCUT2D eigenvalue weighted by Gasteiger charge is -2.15. The third-order valence-corrected chi connectivity index (χ3v) is 5.40. The average Bonchev–Trinajstić information content (AvgIpc) is 2.69. The Hall–Kier alpha value is -0.650. The number of benzene rings is 1. The molecule has 3 nitrogen and oxygen atoms in total. The summed E-state index contributed by atoms with van der Waals surface area (Å²) in [5.41, 5.74) is 4.03. The topological polar surface area (TPSA) is 38.0 Å². The second-order valence-electron chi connectivity index (χ2n) is 4.84. The Bertz CT molecular complexity index is 623. The number of hydrogen-bond acceptors (Lipinski definition) is 2. The van der Waals surface area contributed by atoms with Crippen molar-refractivity contribution in [3.05, 3.63) is 49.7 Å². The summed E-state index contributed by atoms with van der Waals surface area (Å²) < 4.78 is 3.95. The summed E-state index contributed by atoms with van der Waals surface area (Å²) in [5, 5.41) is 15.0. The van der Waals surface area contributed by atoms with Crippen molar-refractivity contribution in [1.82, 2.24) is 9.78 Å². The van der Waals surface area contributed by atoms with Gasteiger partial charge in [0.25, 0.3) is 0 Å². The van der Waals surface area contributed by atoms with Gasteiger partial charge in [0.05, 0.1) is 22.0 Å². The summed E-state index contributed by atoms with van der Waals surface area (Å²) in [5.74, 6) is 0. The summed E-state index contributed by atoms with van der Waals surface area (Å²) in [4.78, 5) is 0. The molecule has 0 aliphatic carbocycles. The zero-order valence-electron chi connectivity index (χ0n) is 11.8. The van der Waals surface area contributed by atoms with E-state index in [2.05, 4.69) is 43.9 Å². The Morgan fingerprint density at radius 2 is 2.00 bits per heavy atom. The summed E-state index contributed by atoms with van der Waals surface area (Å²) in [6.45, 7) is 6.83. The molecule has 0 radical (unpaired) electrons. The second kappa shape index (κ2) is 6.41. The molecule has 20 heavy (non-hydrogen) atoms. The fraction of sp³-hybridized carbons (Fsp3) is 0.400. The molecule has 2 aromatic rings. The Kier molecular flexibility index (Phi) is 5.04. The number of aryl methyl sites for hydroxylation is 2. The van der Waals surface area contributed by atoms with Crippen molar-refractivity contribution in [1.29, 1.82) is 0 Å². The second-order valence-corrected chi connectivity index (χ2v) is 6.48. The van der Waals surface area contributed by atoms with Crippen LogP contribution in [0.15, 0.2) is 27.1 Å². The molecule has 0 bridgehead atoms. The quantitative estimate of drug-likeness (QED) is 0.828.